The zero-order valence-corrected chi connectivity index (χ0v) is 16.5. The molecule has 3 rings (SSSR count). The van der Waals surface area contributed by atoms with E-state index in [2.05, 4.69) is 4.98 Å². The van der Waals surface area contributed by atoms with Crippen molar-refractivity contribution in [2.24, 2.45) is 0 Å². The first-order chi connectivity index (χ1) is 12.9. The highest BCUT2D eigenvalue weighted by Gasteiger charge is 2.18. The zero-order chi connectivity index (χ0) is 19.6. The van der Waals surface area contributed by atoms with E-state index in [4.69, 9.17) is 4.74 Å². The van der Waals surface area contributed by atoms with Crippen molar-refractivity contribution in [2.45, 2.75) is 25.2 Å². The Kier molecular flexibility index (Phi) is 5.43. The Labute approximate surface area is 160 Å². The van der Waals surface area contributed by atoms with E-state index < -0.39 is 9.84 Å². The Morgan fingerprint density at radius 3 is 2.56 bits per heavy atom. The van der Waals surface area contributed by atoms with E-state index in [9.17, 15) is 18.0 Å². The minimum Gasteiger partial charge on any atom is -0.466 e. The molecule has 0 spiro atoms. The van der Waals surface area contributed by atoms with Gasteiger partial charge in [-0.2, -0.15) is 0 Å². The number of aromatic nitrogens is 2. The second-order valence-electron chi connectivity index (χ2n) is 5.72. The Morgan fingerprint density at radius 2 is 1.96 bits per heavy atom. The van der Waals surface area contributed by atoms with Crippen LogP contribution in [0, 0.1) is 0 Å². The second-order valence-corrected chi connectivity index (χ2v) is 9.10. The van der Waals surface area contributed by atoms with Gasteiger partial charge in [-0.1, -0.05) is 19.1 Å². The summed E-state index contributed by atoms with van der Waals surface area (Å²) < 4.78 is 30.4. The molecule has 0 aliphatic carbocycles. The van der Waals surface area contributed by atoms with Crippen molar-refractivity contribution in [1.29, 1.82) is 0 Å². The van der Waals surface area contributed by atoms with Crippen LogP contribution in [-0.2, 0) is 25.8 Å². The molecule has 0 radical (unpaired) electrons. The predicted molar refractivity (Wildman–Crippen MR) is 102 cm³/mol. The molecule has 0 unspecified atom stereocenters. The van der Waals surface area contributed by atoms with Gasteiger partial charge in [-0.25, -0.2) is 13.4 Å². The van der Waals surface area contributed by atoms with Gasteiger partial charge in [0.1, 0.15) is 11.4 Å². The van der Waals surface area contributed by atoms with Gasteiger partial charge >= 0.3 is 5.97 Å². The van der Waals surface area contributed by atoms with Crippen LogP contribution in [0.5, 0.6) is 0 Å². The third-order valence-corrected chi connectivity index (χ3v) is 6.75. The molecule has 0 atom stereocenters. The number of sulfone groups is 1. The summed E-state index contributed by atoms with van der Waals surface area (Å²) in [6.07, 6.45) is 2.53. The fourth-order valence-corrected chi connectivity index (χ4v) is 4.51. The zero-order valence-electron chi connectivity index (χ0n) is 14.8. The van der Waals surface area contributed by atoms with Crippen LogP contribution in [0.3, 0.4) is 0 Å². The van der Waals surface area contributed by atoms with Gasteiger partial charge in [0.25, 0.3) is 0 Å². The molecule has 3 aromatic rings. The van der Waals surface area contributed by atoms with Crippen LogP contribution in [-0.4, -0.2) is 42.4 Å². The van der Waals surface area contributed by atoms with Crippen LogP contribution in [0.4, 0.5) is 0 Å². The fraction of sp³-hybridized carbons (Fsp3) is 0.278. The topological polar surface area (TPSA) is 94.8 Å². The minimum atomic E-state index is -3.29. The van der Waals surface area contributed by atoms with Crippen LogP contribution in [0.1, 0.15) is 29.2 Å². The van der Waals surface area contributed by atoms with Crippen molar-refractivity contribution in [3.63, 3.8) is 0 Å². The average molecular weight is 406 g/mol. The molecule has 0 N–H and O–H groups in total. The SMILES string of the molecule is CCOC(=O)Cc1cn2c(C=O)c(-c3ccc(S(=O)(=O)CC)cc3)nc2s1. The first kappa shape index (κ1) is 19.2. The lowest BCUT2D eigenvalue weighted by atomic mass is 10.1. The minimum absolute atomic E-state index is 0.0232. The summed E-state index contributed by atoms with van der Waals surface area (Å²) in [6, 6.07) is 6.31. The summed E-state index contributed by atoms with van der Waals surface area (Å²) in [7, 11) is -3.29. The summed E-state index contributed by atoms with van der Waals surface area (Å²) in [5, 5.41) is 0. The highest BCUT2D eigenvalue weighted by molar-refractivity contribution is 7.91. The largest absolute Gasteiger partial charge is 0.466 e. The standard InChI is InChI=1S/C18H18N2O5S2/c1-3-25-16(22)9-13-10-20-15(11-21)17(19-18(20)26-13)12-5-7-14(8-6-12)27(23,24)4-2/h5-8,10-11H,3-4,9H2,1-2H3. The first-order valence-electron chi connectivity index (χ1n) is 8.34. The number of hydrogen-bond acceptors (Lipinski definition) is 7. The van der Waals surface area contributed by atoms with E-state index in [0.29, 0.717) is 34.8 Å². The summed E-state index contributed by atoms with van der Waals surface area (Å²) in [6.45, 7) is 3.65. The predicted octanol–water partition coefficient (Wildman–Crippen LogP) is 2.77. The molecule has 0 saturated heterocycles. The molecule has 9 heteroatoms. The number of rotatable bonds is 7. The van der Waals surface area contributed by atoms with Gasteiger partial charge in [0.15, 0.2) is 21.1 Å². The highest BCUT2D eigenvalue weighted by Crippen LogP contribution is 2.29. The van der Waals surface area contributed by atoms with Crippen molar-refractivity contribution >= 4 is 38.4 Å². The molecular weight excluding hydrogens is 388 g/mol. The molecule has 2 heterocycles. The normalized spacial score (nSPS) is 11.6. The Morgan fingerprint density at radius 1 is 1.26 bits per heavy atom. The lowest BCUT2D eigenvalue weighted by Crippen LogP contribution is -2.06. The summed E-state index contributed by atoms with van der Waals surface area (Å²) >= 11 is 1.30. The van der Waals surface area contributed by atoms with Crippen molar-refractivity contribution in [3.05, 3.63) is 41.0 Å². The maximum absolute atomic E-state index is 11.9. The van der Waals surface area contributed by atoms with E-state index >= 15 is 0 Å². The summed E-state index contributed by atoms with van der Waals surface area (Å²) in [4.78, 5) is 29.3. The number of hydrogen-bond donors (Lipinski definition) is 0. The number of carbonyl (C=O) groups is 2. The highest BCUT2D eigenvalue weighted by atomic mass is 32.2. The number of ether oxygens (including phenoxy) is 1. The maximum Gasteiger partial charge on any atom is 0.311 e. The van der Waals surface area contributed by atoms with Gasteiger partial charge < -0.3 is 4.74 Å². The van der Waals surface area contributed by atoms with E-state index in [0.717, 1.165) is 4.88 Å². The molecule has 0 fully saturated rings. The van der Waals surface area contributed by atoms with Crippen LogP contribution in [0.25, 0.3) is 16.2 Å². The van der Waals surface area contributed by atoms with Crippen LogP contribution in [0.15, 0.2) is 35.4 Å². The van der Waals surface area contributed by atoms with Crippen LogP contribution in [0.2, 0.25) is 0 Å². The van der Waals surface area contributed by atoms with Crippen molar-refractivity contribution in [2.75, 3.05) is 12.4 Å². The van der Waals surface area contributed by atoms with E-state index in [1.807, 2.05) is 0 Å². The van der Waals surface area contributed by atoms with Crippen molar-refractivity contribution in [1.82, 2.24) is 9.38 Å². The van der Waals surface area contributed by atoms with Gasteiger partial charge in [0.05, 0.1) is 23.7 Å². The van der Waals surface area contributed by atoms with Crippen LogP contribution < -0.4 is 0 Å². The molecule has 2 aromatic heterocycles. The fourth-order valence-electron chi connectivity index (χ4n) is 2.66. The number of aldehydes is 1. The summed E-state index contributed by atoms with van der Waals surface area (Å²) in [5.41, 5.74) is 1.47. The second kappa shape index (κ2) is 7.61. The van der Waals surface area contributed by atoms with Crippen molar-refractivity contribution in [3.8, 4) is 11.3 Å². The molecule has 142 valence electrons. The maximum atomic E-state index is 11.9. The Balaban J connectivity index is 1.97. The molecule has 27 heavy (non-hydrogen) atoms. The Bertz CT molecular complexity index is 1090. The van der Waals surface area contributed by atoms with Crippen LogP contribution >= 0.6 is 11.3 Å². The molecule has 1 aromatic carbocycles. The first-order valence-corrected chi connectivity index (χ1v) is 10.8. The van der Waals surface area contributed by atoms with E-state index in [1.54, 1.807) is 36.6 Å². The van der Waals surface area contributed by atoms with E-state index in [1.165, 1.54) is 23.5 Å². The third kappa shape index (κ3) is 3.79. The van der Waals surface area contributed by atoms with E-state index in [-0.39, 0.29) is 23.0 Å². The number of benzene rings is 1. The monoisotopic (exact) mass is 406 g/mol. The van der Waals surface area contributed by atoms with Gasteiger partial charge in [0.2, 0.25) is 0 Å². The number of nitrogens with zero attached hydrogens (tertiary/aromatic N) is 2. The molecule has 0 amide bonds. The number of carbonyl (C=O) groups excluding carboxylic acids is 2. The molecule has 7 nitrogen and oxygen atoms in total. The third-order valence-electron chi connectivity index (χ3n) is 4.01. The van der Waals surface area contributed by atoms with Gasteiger partial charge in [0, 0.05) is 16.6 Å². The number of thiazole rings is 1. The number of imidazole rings is 1. The number of esters is 1. The van der Waals surface area contributed by atoms with Gasteiger partial charge in [-0.3, -0.25) is 14.0 Å². The summed E-state index contributed by atoms with van der Waals surface area (Å²) in [5.74, 6) is -0.308. The Hall–Kier alpha value is -2.52. The lowest BCUT2D eigenvalue weighted by molar-refractivity contribution is -0.142. The molecule has 0 aliphatic heterocycles. The molecule has 0 bridgehead atoms. The number of fused-ring (bicyclic) bond motifs is 1. The molecule has 0 saturated carbocycles. The average Bonchev–Trinajstić information content (AvgIpc) is 3.18. The quantitative estimate of drug-likeness (QED) is 0.442. The smallest absolute Gasteiger partial charge is 0.311 e. The van der Waals surface area contributed by atoms with Crippen molar-refractivity contribution < 1.29 is 22.7 Å². The molecule has 0 aliphatic rings. The molecular formula is C18H18N2O5S2. The van der Waals surface area contributed by atoms with Gasteiger partial charge in [-0.05, 0) is 19.1 Å². The lowest BCUT2D eigenvalue weighted by Gasteiger charge is -2.03. The van der Waals surface area contributed by atoms with Gasteiger partial charge in [-0.15, -0.1) is 11.3 Å².